The van der Waals surface area contributed by atoms with Crippen molar-refractivity contribution in [3.8, 4) is 5.75 Å². The van der Waals surface area contributed by atoms with E-state index in [1.54, 1.807) is 11.8 Å². The minimum atomic E-state index is -0.0689. The Morgan fingerprint density at radius 3 is 2.37 bits per heavy atom. The first-order valence-corrected chi connectivity index (χ1v) is 10.0. The monoisotopic (exact) mass is 380 g/mol. The lowest BCUT2D eigenvalue weighted by Gasteiger charge is -2.11. The van der Waals surface area contributed by atoms with Crippen LogP contribution in [0.3, 0.4) is 0 Å². The predicted molar refractivity (Wildman–Crippen MR) is 111 cm³/mol. The van der Waals surface area contributed by atoms with E-state index in [-0.39, 0.29) is 11.7 Å². The van der Waals surface area contributed by atoms with Gasteiger partial charge in [-0.1, -0.05) is 54.2 Å². The molecule has 0 saturated heterocycles. The lowest BCUT2D eigenvalue weighted by molar-refractivity contribution is 0.242. The number of hydrogen-bond donors (Lipinski definition) is 1. The van der Waals surface area contributed by atoms with Crippen molar-refractivity contribution < 1.29 is 4.74 Å². The summed E-state index contributed by atoms with van der Waals surface area (Å²) in [5, 5.41) is 0.658. The smallest absolute Gasteiger partial charge is 0.255 e. The van der Waals surface area contributed by atoms with Crippen LogP contribution in [0.1, 0.15) is 36.2 Å². The number of rotatable bonds is 7. The van der Waals surface area contributed by atoms with E-state index < -0.39 is 0 Å². The molecule has 0 spiro atoms. The first kappa shape index (κ1) is 19.2. The van der Waals surface area contributed by atoms with Crippen molar-refractivity contribution in [3.05, 3.63) is 87.3 Å². The Hall–Kier alpha value is -2.53. The summed E-state index contributed by atoms with van der Waals surface area (Å²) in [5.74, 6) is 1.62. The van der Waals surface area contributed by atoms with Crippen LogP contribution in [0.25, 0.3) is 0 Å². The summed E-state index contributed by atoms with van der Waals surface area (Å²) in [6.45, 7) is 5.90. The molecule has 3 rings (SSSR count). The van der Waals surface area contributed by atoms with Gasteiger partial charge < -0.3 is 9.72 Å². The van der Waals surface area contributed by atoms with Gasteiger partial charge in [-0.05, 0) is 44.0 Å². The van der Waals surface area contributed by atoms with Crippen LogP contribution in [-0.4, -0.2) is 16.1 Å². The van der Waals surface area contributed by atoms with Gasteiger partial charge in [0.2, 0.25) is 0 Å². The van der Waals surface area contributed by atoms with Gasteiger partial charge in [0.1, 0.15) is 5.75 Å². The third-order valence-corrected chi connectivity index (χ3v) is 5.04. The Balaban J connectivity index is 1.70. The zero-order valence-corrected chi connectivity index (χ0v) is 16.7. The molecule has 1 aromatic heterocycles. The van der Waals surface area contributed by atoms with Gasteiger partial charge in [0.05, 0.1) is 6.10 Å². The van der Waals surface area contributed by atoms with Crippen LogP contribution in [-0.2, 0) is 12.2 Å². The molecule has 0 aliphatic heterocycles. The Morgan fingerprint density at radius 2 is 1.74 bits per heavy atom. The fourth-order valence-corrected chi connectivity index (χ4v) is 3.61. The largest absolute Gasteiger partial charge is 0.491 e. The first-order valence-electron chi connectivity index (χ1n) is 9.03. The van der Waals surface area contributed by atoms with Gasteiger partial charge in [0.15, 0.2) is 5.16 Å². The highest BCUT2D eigenvalue weighted by Crippen LogP contribution is 2.20. The summed E-state index contributed by atoms with van der Waals surface area (Å²) in [6, 6.07) is 18.0. The molecule has 2 aromatic carbocycles. The minimum Gasteiger partial charge on any atom is -0.491 e. The minimum absolute atomic E-state index is 0.0689. The number of nitrogens with zero attached hydrogens (tertiary/aromatic N) is 1. The Labute approximate surface area is 164 Å². The molecule has 0 aliphatic rings. The predicted octanol–water partition coefficient (Wildman–Crippen LogP) is 4.75. The Bertz CT molecular complexity index is 935. The highest BCUT2D eigenvalue weighted by Gasteiger charge is 2.10. The maximum absolute atomic E-state index is 12.6. The molecule has 0 atom stereocenters. The molecule has 4 nitrogen and oxygen atoms in total. The van der Waals surface area contributed by atoms with Crippen molar-refractivity contribution in [2.75, 3.05) is 0 Å². The molecule has 3 aromatic rings. The van der Waals surface area contributed by atoms with E-state index in [0.29, 0.717) is 17.1 Å². The van der Waals surface area contributed by atoms with E-state index >= 15 is 0 Å². The molecule has 0 saturated carbocycles. The molecule has 140 valence electrons. The van der Waals surface area contributed by atoms with E-state index in [2.05, 4.69) is 22.1 Å². The summed E-state index contributed by atoms with van der Waals surface area (Å²) < 4.78 is 5.66. The highest BCUT2D eigenvalue weighted by atomic mass is 32.2. The zero-order chi connectivity index (χ0) is 19.2. The average molecular weight is 381 g/mol. The number of nitrogens with one attached hydrogen (secondary N) is 1. The van der Waals surface area contributed by atoms with E-state index in [1.165, 1.54) is 5.56 Å². The molecule has 1 N–H and O–H groups in total. The van der Waals surface area contributed by atoms with Gasteiger partial charge in [0.25, 0.3) is 5.56 Å². The number of H-pyrrole nitrogens is 1. The number of aromatic amines is 1. The number of aromatic nitrogens is 2. The van der Waals surface area contributed by atoms with Crippen molar-refractivity contribution in [1.82, 2.24) is 9.97 Å². The highest BCUT2D eigenvalue weighted by molar-refractivity contribution is 7.98. The van der Waals surface area contributed by atoms with Crippen LogP contribution in [0, 0.1) is 6.92 Å². The standard InChI is InChI=1S/C22H24N2O2S/c1-15(2)26-19-11-9-17(10-12-19)13-20-16(3)23-22(24-21(20)25)27-14-18-7-5-4-6-8-18/h4-12,15H,13-14H2,1-3H3,(H,23,24,25). The van der Waals surface area contributed by atoms with Gasteiger partial charge in [-0.2, -0.15) is 0 Å². The van der Waals surface area contributed by atoms with Crippen molar-refractivity contribution in [3.63, 3.8) is 0 Å². The van der Waals surface area contributed by atoms with Crippen LogP contribution < -0.4 is 10.3 Å². The zero-order valence-electron chi connectivity index (χ0n) is 15.9. The lowest BCUT2D eigenvalue weighted by Crippen LogP contribution is -2.17. The maximum atomic E-state index is 12.6. The van der Waals surface area contributed by atoms with Gasteiger partial charge in [0, 0.05) is 23.4 Å². The van der Waals surface area contributed by atoms with Crippen LogP contribution in [0.5, 0.6) is 5.75 Å². The van der Waals surface area contributed by atoms with Gasteiger partial charge >= 0.3 is 0 Å². The normalized spacial score (nSPS) is 11.0. The second-order valence-electron chi connectivity index (χ2n) is 6.70. The molecular weight excluding hydrogens is 356 g/mol. The molecule has 0 unspecified atom stereocenters. The molecule has 0 amide bonds. The average Bonchev–Trinajstić information content (AvgIpc) is 2.65. The SMILES string of the molecule is Cc1nc(SCc2ccccc2)[nH]c(=O)c1Cc1ccc(OC(C)C)cc1. The quantitative estimate of drug-likeness (QED) is 0.475. The van der Waals surface area contributed by atoms with E-state index in [1.807, 2.05) is 63.2 Å². The summed E-state index contributed by atoms with van der Waals surface area (Å²) in [7, 11) is 0. The van der Waals surface area contributed by atoms with E-state index in [9.17, 15) is 4.79 Å². The summed E-state index contributed by atoms with van der Waals surface area (Å²) in [5.41, 5.74) is 3.68. The van der Waals surface area contributed by atoms with E-state index in [0.717, 1.165) is 22.8 Å². The van der Waals surface area contributed by atoms with E-state index in [4.69, 9.17) is 4.74 Å². The lowest BCUT2D eigenvalue weighted by atomic mass is 10.1. The Kier molecular flexibility index (Phi) is 6.35. The molecule has 1 heterocycles. The van der Waals surface area contributed by atoms with Gasteiger partial charge in [-0.25, -0.2) is 4.98 Å². The second kappa shape index (κ2) is 8.91. The topological polar surface area (TPSA) is 55.0 Å². The molecule has 0 bridgehead atoms. The van der Waals surface area contributed by atoms with Crippen LogP contribution in [0.15, 0.2) is 64.5 Å². The first-order chi connectivity index (χ1) is 13.0. The summed E-state index contributed by atoms with van der Waals surface area (Å²) in [4.78, 5) is 20.1. The molecule has 0 fully saturated rings. The van der Waals surface area contributed by atoms with Crippen molar-refractivity contribution in [1.29, 1.82) is 0 Å². The number of ether oxygens (including phenoxy) is 1. The molecular formula is C22H24N2O2S. The molecule has 27 heavy (non-hydrogen) atoms. The number of hydrogen-bond acceptors (Lipinski definition) is 4. The number of aryl methyl sites for hydroxylation is 1. The Morgan fingerprint density at radius 1 is 1.04 bits per heavy atom. The second-order valence-corrected chi connectivity index (χ2v) is 7.66. The fraction of sp³-hybridized carbons (Fsp3) is 0.273. The van der Waals surface area contributed by atoms with Crippen LogP contribution in [0.2, 0.25) is 0 Å². The molecule has 5 heteroatoms. The summed E-state index contributed by atoms with van der Waals surface area (Å²) in [6.07, 6.45) is 0.700. The fourth-order valence-electron chi connectivity index (χ4n) is 2.75. The van der Waals surface area contributed by atoms with Gasteiger partial charge in [-0.3, -0.25) is 4.79 Å². The van der Waals surface area contributed by atoms with Crippen molar-refractivity contribution in [2.45, 2.75) is 44.2 Å². The summed E-state index contributed by atoms with van der Waals surface area (Å²) >= 11 is 1.54. The number of thioether (sulfide) groups is 1. The third kappa shape index (κ3) is 5.47. The third-order valence-electron chi connectivity index (χ3n) is 4.09. The molecule has 0 aliphatic carbocycles. The molecule has 0 radical (unpaired) electrons. The van der Waals surface area contributed by atoms with Crippen LogP contribution >= 0.6 is 11.8 Å². The van der Waals surface area contributed by atoms with Crippen molar-refractivity contribution >= 4 is 11.8 Å². The number of benzene rings is 2. The maximum Gasteiger partial charge on any atom is 0.255 e. The van der Waals surface area contributed by atoms with Crippen LogP contribution in [0.4, 0.5) is 0 Å². The van der Waals surface area contributed by atoms with Gasteiger partial charge in [-0.15, -0.1) is 0 Å². The van der Waals surface area contributed by atoms with Crippen molar-refractivity contribution in [2.24, 2.45) is 0 Å².